The summed E-state index contributed by atoms with van der Waals surface area (Å²) >= 11 is 5.70. The van der Waals surface area contributed by atoms with Crippen molar-refractivity contribution in [2.75, 3.05) is 0 Å². The highest BCUT2D eigenvalue weighted by atomic mass is 35.5. The molecule has 4 nitrogen and oxygen atoms in total. The Bertz CT molecular complexity index is 552. The Kier molecular flexibility index (Phi) is 4.28. The lowest BCUT2D eigenvalue weighted by atomic mass is 10.2. The van der Waals surface area contributed by atoms with E-state index in [2.05, 4.69) is 0 Å². The summed E-state index contributed by atoms with van der Waals surface area (Å²) in [5, 5.41) is 0. The average molecular weight is 306 g/mol. The SMILES string of the molecule is CCC1CCC(C)N1S(=O)(=O)c1cc(CCl)oc1C. The third kappa shape index (κ3) is 2.56. The van der Waals surface area contributed by atoms with Crippen molar-refractivity contribution in [1.82, 2.24) is 4.31 Å². The minimum absolute atomic E-state index is 0.0451. The minimum atomic E-state index is -3.49. The lowest BCUT2D eigenvalue weighted by molar-refractivity contribution is 0.328. The van der Waals surface area contributed by atoms with Crippen LogP contribution < -0.4 is 0 Å². The number of aryl methyl sites for hydroxylation is 1. The predicted octanol–water partition coefficient (Wildman–Crippen LogP) is 3.28. The molecule has 0 N–H and O–H groups in total. The zero-order valence-electron chi connectivity index (χ0n) is 11.5. The van der Waals surface area contributed by atoms with Crippen LogP contribution in [-0.2, 0) is 15.9 Å². The van der Waals surface area contributed by atoms with E-state index in [0.717, 1.165) is 19.3 Å². The maximum Gasteiger partial charge on any atom is 0.247 e. The molecule has 2 atom stereocenters. The van der Waals surface area contributed by atoms with Crippen LogP contribution in [0.25, 0.3) is 0 Å². The molecule has 6 heteroatoms. The van der Waals surface area contributed by atoms with E-state index in [1.54, 1.807) is 17.3 Å². The van der Waals surface area contributed by atoms with Crippen LogP contribution in [0.5, 0.6) is 0 Å². The first kappa shape index (κ1) is 14.9. The molecule has 19 heavy (non-hydrogen) atoms. The molecule has 2 rings (SSSR count). The molecule has 0 saturated carbocycles. The molecule has 1 aliphatic rings. The van der Waals surface area contributed by atoms with Gasteiger partial charge in [-0.15, -0.1) is 11.6 Å². The molecule has 0 aliphatic carbocycles. The molecule has 0 amide bonds. The van der Waals surface area contributed by atoms with Gasteiger partial charge in [-0.25, -0.2) is 8.42 Å². The fourth-order valence-corrected chi connectivity index (χ4v) is 5.10. The lowest BCUT2D eigenvalue weighted by Crippen LogP contribution is -2.39. The maximum atomic E-state index is 12.8. The van der Waals surface area contributed by atoms with Crippen LogP contribution in [0.15, 0.2) is 15.4 Å². The van der Waals surface area contributed by atoms with Crippen LogP contribution in [0.4, 0.5) is 0 Å². The van der Waals surface area contributed by atoms with Crippen LogP contribution in [0, 0.1) is 6.92 Å². The highest BCUT2D eigenvalue weighted by Crippen LogP contribution is 2.34. The van der Waals surface area contributed by atoms with E-state index in [0.29, 0.717) is 11.5 Å². The fourth-order valence-electron chi connectivity index (χ4n) is 2.82. The second kappa shape index (κ2) is 5.46. The number of halogens is 1. The standard InChI is InChI=1S/C13H20ClNO3S/c1-4-11-6-5-9(2)15(11)19(16,17)13-7-12(8-14)18-10(13)3/h7,9,11H,4-6,8H2,1-3H3. The van der Waals surface area contributed by atoms with Gasteiger partial charge in [0.25, 0.3) is 0 Å². The van der Waals surface area contributed by atoms with Crippen molar-refractivity contribution < 1.29 is 12.8 Å². The molecule has 1 aliphatic heterocycles. The van der Waals surface area contributed by atoms with E-state index in [4.69, 9.17) is 16.0 Å². The first-order valence-electron chi connectivity index (χ1n) is 6.60. The first-order valence-corrected chi connectivity index (χ1v) is 8.58. The summed E-state index contributed by atoms with van der Waals surface area (Å²) < 4.78 is 32.6. The molecule has 1 aromatic rings. The van der Waals surface area contributed by atoms with Crippen molar-refractivity contribution in [3.63, 3.8) is 0 Å². The summed E-state index contributed by atoms with van der Waals surface area (Å²) in [6.07, 6.45) is 2.68. The van der Waals surface area contributed by atoms with E-state index in [9.17, 15) is 8.42 Å². The topological polar surface area (TPSA) is 50.5 Å². The maximum absolute atomic E-state index is 12.8. The van der Waals surface area contributed by atoms with Gasteiger partial charge >= 0.3 is 0 Å². The van der Waals surface area contributed by atoms with E-state index < -0.39 is 10.0 Å². The Morgan fingerprint density at radius 1 is 1.47 bits per heavy atom. The molecule has 2 heterocycles. The molecule has 0 spiro atoms. The number of nitrogens with zero attached hydrogens (tertiary/aromatic N) is 1. The second-order valence-electron chi connectivity index (χ2n) is 5.09. The third-order valence-electron chi connectivity index (χ3n) is 3.79. The number of hydrogen-bond acceptors (Lipinski definition) is 3. The van der Waals surface area contributed by atoms with Crippen molar-refractivity contribution in [3.05, 3.63) is 17.6 Å². The Morgan fingerprint density at radius 2 is 2.16 bits per heavy atom. The smallest absolute Gasteiger partial charge is 0.247 e. The predicted molar refractivity (Wildman–Crippen MR) is 74.8 cm³/mol. The summed E-state index contributed by atoms with van der Waals surface area (Å²) in [5.74, 6) is 1.10. The highest BCUT2D eigenvalue weighted by Gasteiger charge is 2.40. The van der Waals surface area contributed by atoms with Crippen molar-refractivity contribution in [1.29, 1.82) is 0 Å². The summed E-state index contributed by atoms with van der Waals surface area (Å²) in [7, 11) is -3.49. The number of rotatable bonds is 4. The molecular formula is C13H20ClNO3S. The van der Waals surface area contributed by atoms with Crippen molar-refractivity contribution >= 4 is 21.6 Å². The van der Waals surface area contributed by atoms with Gasteiger partial charge in [0.2, 0.25) is 10.0 Å². The second-order valence-corrected chi connectivity index (χ2v) is 7.17. The van der Waals surface area contributed by atoms with E-state index in [1.807, 2.05) is 13.8 Å². The molecule has 0 aromatic carbocycles. The van der Waals surface area contributed by atoms with Crippen molar-refractivity contribution in [3.8, 4) is 0 Å². The van der Waals surface area contributed by atoms with Gasteiger partial charge in [0.1, 0.15) is 16.4 Å². The molecule has 1 aromatic heterocycles. The van der Waals surface area contributed by atoms with E-state index in [1.165, 1.54) is 0 Å². The quantitative estimate of drug-likeness (QED) is 0.802. The Hall–Kier alpha value is -0.520. The van der Waals surface area contributed by atoms with Crippen LogP contribution >= 0.6 is 11.6 Å². The summed E-state index contributed by atoms with van der Waals surface area (Å²) in [6.45, 7) is 5.66. The van der Waals surface area contributed by atoms with Gasteiger partial charge in [-0.05, 0) is 33.1 Å². The Morgan fingerprint density at radius 3 is 2.68 bits per heavy atom. The van der Waals surface area contributed by atoms with E-state index in [-0.39, 0.29) is 22.9 Å². The van der Waals surface area contributed by atoms with Crippen LogP contribution in [0.3, 0.4) is 0 Å². The van der Waals surface area contributed by atoms with Crippen LogP contribution in [-0.4, -0.2) is 24.8 Å². The third-order valence-corrected chi connectivity index (χ3v) is 6.23. The molecule has 1 saturated heterocycles. The number of hydrogen-bond donors (Lipinski definition) is 0. The number of furan rings is 1. The van der Waals surface area contributed by atoms with Gasteiger partial charge < -0.3 is 4.42 Å². The molecule has 2 unspecified atom stereocenters. The van der Waals surface area contributed by atoms with Gasteiger partial charge in [-0.2, -0.15) is 4.31 Å². The lowest BCUT2D eigenvalue weighted by Gasteiger charge is -2.26. The molecule has 108 valence electrons. The summed E-state index contributed by atoms with van der Waals surface area (Å²) in [6, 6.07) is 1.69. The summed E-state index contributed by atoms with van der Waals surface area (Å²) in [4.78, 5) is 0.260. The molecule has 0 radical (unpaired) electrons. The number of sulfonamides is 1. The van der Waals surface area contributed by atoms with Gasteiger partial charge in [0.15, 0.2) is 0 Å². The Balaban J connectivity index is 2.43. The van der Waals surface area contributed by atoms with Gasteiger partial charge in [0.05, 0.1) is 5.88 Å². The van der Waals surface area contributed by atoms with Gasteiger partial charge in [-0.3, -0.25) is 0 Å². The fraction of sp³-hybridized carbons (Fsp3) is 0.692. The minimum Gasteiger partial charge on any atom is -0.464 e. The Labute approximate surface area is 119 Å². The summed E-state index contributed by atoms with van der Waals surface area (Å²) in [5.41, 5.74) is 0. The highest BCUT2D eigenvalue weighted by molar-refractivity contribution is 7.89. The molecule has 1 fully saturated rings. The zero-order valence-corrected chi connectivity index (χ0v) is 13.1. The molecule has 0 bridgehead atoms. The normalized spacial score (nSPS) is 25.1. The van der Waals surface area contributed by atoms with Gasteiger partial charge in [-0.1, -0.05) is 6.92 Å². The monoisotopic (exact) mass is 305 g/mol. The van der Waals surface area contributed by atoms with E-state index >= 15 is 0 Å². The first-order chi connectivity index (χ1) is 8.91. The zero-order chi connectivity index (χ0) is 14.2. The van der Waals surface area contributed by atoms with Gasteiger partial charge in [0, 0.05) is 18.2 Å². The average Bonchev–Trinajstić information content (AvgIpc) is 2.92. The van der Waals surface area contributed by atoms with Crippen molar-refractivity contribution in [2.45, 2.75) is 62.9 Å². The van der Waals surface area contributed by atoms with Crippen molar-refractivity contribution in [2.24, 2.45) is 0 Å². The van der Waals surface area contributed by atoms with Crippen LogP contribution in [0.2, 0.25) is 0 Å². The van der Waals surface area contributed by atoms with Crippen LogP contribution in [0.1, 0.15) is 44.6 Å². The molecular weight excluding hydrogens is 286 g/mol. The largest absolute Gasteiger partial charge is 0.464 e. The number of alkyl halides is 1.